The van der Waals surface area contributed by atoms with Crippen molar-refractivity contribution in [3.8, 4) is 0 Å². The smallest absolute Gasteiger partial charge is 0.347 e. The molecule has 0 aromatic heterocycles. The number of aliphatic hydroxyl groups is 1. The average molecular weight is 289 g/mol. The lowest BCUT2D eigenvalue weighted by Gasteiger charge is -2.33. The van der Waals surface area contributed by atoms with Crippen LogP contribution in [-0.2, 0) is 15.1 Å². The SMILES string of the molecule is C=C(C)C(O)(C(=O)OC1CCN(C)CC1)c1ccccc1. The Morgan fingerprint density at radius 3 is 2.43 bits per heavy atom. The quantitative estimate of drug-likeness (QED) is 0.681. The number of benzene rings is 1. The highest BCUT2D eigenvalue weighted by atomic mass is 16.6. The molecule has 0 radical (unpaired) electrons. The Morgan fingerprint density at radius 2 is 1.90 bits per heavy atom. The van der Waals surface area contributed by atoms with Gasteiger partial charge in [-0.05, 0) is 37.9 Å². The van der Waals surface area contributed by atoms with Crippen molar-refractivity contribution in [2.45, 2.75) is 31.5 Å². The molecule has 1 N–H and O–H groups in total. The molecule has 0 saturated carbocycles. The van der Waals surface area contributed by atoms with Gasteiger partial charge in [0.25, 0.3) is 0 Å². The van der Waals surface area contributed by atoms with Gasteiger partial charge in [0.1, 0.15) is 6.10 Å². The molecule has 4 nitrogen and oxygen atoms in total. The van der Waals surface area contributed by atoms with E-state index in [0.29, 0.717) is 11.1 Å². The van der Waals surface area contributed by atoms with Crippen molar-refractivity contribution in [2.24, 2.45) is 0 Å². The van der Waals surface area contributed by atoms with E-state index in [1.54, 1.807) is 31.2 Å². The molecule has 21 heavy (non-hydrogen) atoms. The van der Waals surface area contributed by atoms with Gasteiger partial charge in [-0.3, -0.25) is 0 Å². The van der Waals surface area contributed by atoms with Gasteiger partial charge in [-0.25, -0.2) is 4.79 Å². The summed E-state index contributed by atoms with van der Waals surface area (Å²) >= 11 is 0. The lowest BCUT2D eigenvalue weighted by atomic mass is 9.87. The number of carbonyl (C=O) groups is 1. The Kier molecular flexibility index (Phi) is 4.80. The van der Waals surface area contributed by atoms with Gasteiger partial charge >= 0.3 is 5.97 Å². The van der Waals surface area contributed by atoms with Crippen molar-refractivity contribution in [3.05, 3.63) is 48.0 Å². The molecule has 1 aromatic carbocycles. The first-order valence-corrected chi connectivity index (χ1v) is 7.28. The van der Waals surface area contributed by atoms with Gasteiger partial charge in [0.2, 0.25) is 5.60 Å². The molecule has 1 atom stereocenters. The molecule has 1 unspecified atom stereocenters. The Morgan fingerprint density at radius 1 is 1.33 bits per heavy atom. The molecule has 0 spiro atoms. The summed E-state index contributed by atoms with van der Waals surface area (Å²) in [5, 5.41) is 10.8. The Balaban J connectivity index is 2.15. The van der Waals surface area contributed by atoms with Crippen LogP contribution >= 0.6 is 0 Å². The van der Waals surface area contributed by atoms with E-state index in [-0.39, 0.29) is 6.10 Å². The van der Waals surface area contributed by atoms with Gasteiger partial charge in [0, 0.05) is 13.1 Å². The van der Waals surface area contributed by atoms with Crippen molar-refractivity contribution in [1.82, 2.24) is 4.90 Å². The minimum Gasteiger partial charge on any atom is -0.460 e. The number of likely N-dealkylation sites (tertiary alicyclic amines) is 1. The minimum atomic E-state index is -1.77. The van der Waals surface area contributed by atoms with Gasteiger partial charge in [0.15, 0.2) is 0 Å². The third-order valence-electron chi connectivity index (χ3n) is 4.04. The normalized spacial score (nSPS) is 19.8. The number of ether oxygens (including phenoxy) is 1. The number of hydrogen-bond acceptors (Lipinski definition) is 4. The van der Waals surface area contributed by atoms with Crippen LogP contribution in [0, 0.1) is 0 Å². The second-order valence-corrected chi connectivity index (χ2v) is 5.76. The maximum absolute atomic E-state index is 12.5. The fourth-order valence-corrected chi connectivity index (χ4v) is 2.56. The molecule has 0 amide bonds. The van der Waals surface area contributed by atoms with Crippen LogP contribution in [0.15, 0.2) is 42.5 Å². The number of carbonyl (C=O) groups excluding carboxylic acids is 1. The molecule has 1 aromatic rings. The highest BCUT2D eigenvalue weighted by Gasteiger charge is 2.42. The summed E-state index contributed by atoms with van der Waals surface area (Å²) in [6, 6.07) is 8.83. The van der Waals surface area contributed by atoms with Crippen molar-refractivity contribution in [2.75, 3.05) is 20.1 Å². The van der Waals surface area contributed by atoms with Gasteiger partial charge < -0.3 is 14.7 Å². The molecule has 1 fully saturated rings. The summed E-state index contributed by atoms with van der Waals surface area (Å²) in [4.78, 5) is 14.7. The van der Waals surface area contributed by atoms with Crippen molar-refractivity contribution >= 4 is 5.97 Å². The van der Waals surface area contributed by atoms with Gasteiger partial charge in [0.05, 0.1) is 0 Å². The molecule has 0 bridgehead atoms. The van der Waals surface area contributed by atoms with E-state index < -0.39 is 11.6 Å². The maximum Gasteiger partial charge on any atom is 0.347 e. The monoisotopic (exact) mass is 289 g/mol. The Bertz CT molecular complexity index is 506. The van der Waals surface area contributed by atoms with Gasteiger partial charge in [-0.1, -0.05) is 36.9 Å². The van der Waals surface area contributed by atoms with E-state index in [1.807, 2.05) is 13.1 Å². The molecular formula is C17H23NO3. The zero-order valence-corrected chi connectivity index (χ0v) is 12.7. The third-order valence-corrected chi connectivity index (χ3v) is 4.04. The fourth-order valence-electron chi connectivity index (χ4n) is 2.56. The summed E-state index contributed by atoms with van der Waals surface area (Å²) in [6.45, 7) is 7.21. The van der Waals surface area contributed by atoms with Gasteiger partial charge in [-0.2, -0.15) is 0 Å². The van der Waals surface area contributed by atoms with Crippen LogP contribution in [0.5, 0.6) is 0 Å². The molecule has 0 aliphatic carbocycles. The molecule has 2 rings (SSSR count). The zero-order chi connectivity index (χ0) is 15.5. The lowest BCUT2D eigenvalue weighted by Crippen LogP contribution is -2.43. The van der Waals surface area contributed by atoms with E-state index in [4.69, 9.17) is 4.74 Å². The number of rotatable bonds is 4. The standard InChI is InChI=1S/C17H23NO3/c1-13(2)17(20,14-7-5-4-6-8-14)16(19)21-15-9-11-18(3)12-10-15/h4-8,15,20H,1,9-12H2,2-3H3. The molecular weight excluding hydrogens is 266 g/mol. The van der Waals surface area contributed by atoms with E-state index in [2.05, 4.69) is 11.5 Å². The summed E-state index contributed by atoms with van der Waals surface area (Å²) < 4.78 is 5.54. The van der Waals surface area contributed by atoms with Crippen LogP contribution in [-0.4, -0.2) is 42.2 Å². The van der Waals surface area contributed by atoms with Crippen LogP contribution in [0.1, 0.15) is 25.3 Å². The molecule has 1 heterocycles. The first kappa shape index (κ1) is 15.7. The van der Waals surface area contributed by atoms with E-state index in [0.717, 1.165) is 25.9 Å². The summed E-state index contributed by atoms with van der Waals surface area (Å²) in [7, 11) is 2.05. The fraction of sp³-hybridized carbons (Fsp3) is 0.471. The molecule has 1 aliphatic heterocycles. The highest BCUT2D eigenvalue weighted by Crippen LogP contribution is 2.31. The van der Waals surface area contributed by atoms with Crippen LogP contribution in [0.2, 0.25) is 0 Å². The second-order valence-electron chi connectivity index (χ2n) is 5.76. The first-order valence-electron chi connectivity index (χ1n) is 7.28. The summed E-state index contributed by atoms with van der Waals surface area (Å²) in [5.41, 5.74) is -0.910. The maximum atomic E-state index is 12.5. The topological polar surface area (TPSA) is 49.8 Å². The molecule has 4 heteroatoms. The summed E-state index contributed by atoms with van der Waals surface area (Å²) in [6.07, 6.45) is 1.45. The Labute approximate surface area is 126 Å². The lowest BCUT2D eigenvalue weighted by molar-refractivity contribution is -0.170. The molecule has 114 valence electrons. The van der Waals surface area contributed by atoms with E-state index in [9.17, 15) is 9.90 Å². The van der Waals surface area contributed by atoms with Crippen LogP contribution in [0.4, 0.5) is 0 Å². The largest absolute Gasteiger partial charge is 0.460 e. The van der Waals surface area contributed by atoms with Crippen molar-refractivity contribution < 1.29 is 14.6 Å². The number of esters is 1. The van der Waals surface area contributed by atoms with E-state index in [1.165, 1.54) is 0 Å². The van der Waals surface area contributed by atoms with Crippen molar-refractivity contribution in [1.29, 1.82) is 0 Å². The molecule has 1 aliphatic rings. The summed E-state index contributed by atoms with van der Waals surface area (Å²) in [5.74, 6) is -0.629. The Hall–Kier alpha value is -1.65. The van der Waals surface area contributed by atoms with Crippen LogP contribution in [0.25, 0.3) is 0 Å². The average Bonchev–Trinajstić information content (AvgIpc) is 2.49. The van der Waals surface area contributed by atoms with Crippen LogP contribution < -0.4 is 0 Å². The number of piperidine rings is 1. The number of nitrogens with zero attached hydrogens (tertiary/aromatic N) is 1. The van der Waals surface area contributed by atoms with E-state index >= 15 is 0 Å². The third kappa shape index (κ3) is 3.34. The highest BCUT2D eigenvalue weighted by molar-refractivity contribution is 5.85. The predicted octanol–water partition coefficient (Wildman–Crippen LogP) is 2.09. The van der Waals surface area contributed by atoms with Crippen molar-refractivity contribution in [3.63, 3.8) is 0 Å². The first-order chi connectivity index (χ1) is 9.94. The molecule has 1 saturated heterocycles. The minimum absolute atomic E-state index is 0.136. The predicted molar refractivity (Wildman–Crippen MR) is 81.8 cm³/mol. The zero-order valence-electron chi connectivity index (χ0n) is 12.7. The van der Waals surface area contributed by atoms with Gasteiger partial charge in [-0.15, -0.1) is 0 Å². The van der Waals surface area contributed by atoms with Crippen LogP contribution in [0.3, 0.4) is 0 Å². The number of hydrogen-bond donors (Lipinski definition) is 1. The second kappa shape index (κ2) is 6.41.